The molecule has 1 heterocycles. The van der Waals surface area contributed by atoms with Gasteiger partial charge in [0, 0.05) is 11.4 Å². The molecule has 0 spiro atoms. The molecule has 1 unspecified atom stereocenters. The maximum absolute atomic E-state index is 10.5. The average Bonchev–Trinajstić information content (AvgIpc) is 2.68. The monoisotopic (exact) mass is 253 g/mol. The molecule has 0 aliphatic carbocycles. The van der Waals surface area contributed by atoms with E-state index in [1.54, 1.807) is 12.1 Å². The van der Waals surface area contributed by atoms with Crippen LogP contribution in [0.3, 0.4) is 0 Å². The fourth-order valence-corrected chi connectivity index (χ4v) is 1.78. The van der Waals surface area contributed by atoms with Crippen LogP contribution in [0.4, 0.5) is 0 Å². The van der Waals surface area contributed by atoms with Crippen molar-refractivity contribution in [1.82, 2.24) is 0 Å². The Bertz CT molecular complexity index is 442. The second-order valence-corrected chi connectivity index (χ2v) is 4.33. The first-order valence-corrected chi connectivity index (χ1v) is 5.67. The van der Waals surface area contributed by atoms with Gasteiger partial charge >= 0.3 is 5.97 Å². The van der Waals surface area contributed by atoms with Crippen molar-refractivity contribution in [2.24, 2.45) is 4.99 Å². The molecule has 4 nitrogen and oxygen atoms in total. The standard InChI is InChI=1S/C12H12ClNO3/c13-9-3-1-8(2-4-9)5-11-14-10(7-17-11)6-12(15)16/h1-4,10H,5-7H2,(H,15,16). The molecule has 17 heavy (non-hydrogen) atoms. The summed E-state index contributed by atoms with van der Waals surface area (Å²) >= 11 is 5.78. The van der Waals surface area contributed by atoms with Gasteiger partial charge in [-0.05, 0) is 17.7 Å². The van der Waals surface area contributed by atoms with Gasteiger partial charge in [-0.15, -0.1) is 0 Å². The SMILES string of the molecule is O=C(O)CC1COC(Cc2ccc(Cl)cc2)=N1. The van der Waals surface area contributed by atoms with Crippen molar-refractivity contribution < 1.29 is 14.6 Å². The number of nitrogens with zero attached hydrogens (tertiary/aromatic N) is 1. The second kappa shape index (κ2) is 5.19. The third-order valence-electron chi connectivity index (χ3n) is 2.45. The van der Waals surface area contributed by atoms with Crippen molar-refractivity contribution in [3.63, 3.8) is 0 Å². The van der Waals surface area contributed by atoms with Crippen LogP contribution in [0, 0.1) is 0 Å². The lowest BCUT2D eigenvalue weighted by atomic mass is 10.1. The van der Waals surface area contributed by atoms with E-state index in [0.29, 0.717) is 23.9 Å². The van der Waals surface area contributed by atoms with Crippen LogP contribution in [-0.4, -0.2) is 29.6 Å². The van der Waals surface area contributed by atoms with Crippen molar-refractivity contribution in [2.45, 2.75) is 18.9 Å². The van der Waals surface area contributed by atoms with Crippen LogP contribution in [0.25, 0.3) is 0 Å². The molecule has 0 fully saturated rings. The van der Waals surface area contributed by atoms with E-state index in [1.807, 2.05) is 12.1 Å². The highest BCUT2D eigenvalue weighted by atomic mass is 35.5. The first-order chi connectivity index (χ1) is 8.13. The molecule has 0 radical (unpaired) electrons. The van der Waals surface area contributed by atoms with Gasteiger partial charge in [0.1, 0.15) is 6.61 Å². The summed E-state index contributed by atoms with van der Waals surface area (Å²) in [6.45, 7) is 0.356. The van der Waals surface area contributed by atoms with E-state index < -0.39 is 5.97 Å². The number of hydrogen-bond acceptors (Lipinski definition) is 3. The molecule has 0 bridgehead atoms. The highest BCUT2D eigenvalue weighted by Crippen LogP contribution is 2.14. The third kappa shape index (κ3) is 3.46. The molecule has 1 aromatic rings. The minimum Gasteiger partial charge on any atom is -0.481 e. The molecule has 1 aromatic carbocycles. The second-order valence-electron chi connectivity index (χ2n) is 3.89. The summed E-state index contributed by atoms with van der Waals surface area (Å²) in [6, 6.07) is 7.16. The molecular formula is C12H12ClNO3. The quantitative estimate of drug-likeness (QED) is 0.895. The number of aliphatic carboxylic acids is 1. The summed E-state index contributed by atoms with van der Waals surface area (Å²) < 4.78 is 5.35. The Kier molecular flexibility index (Phi) is 3.64. The molecule has 1 atom stereocenters. The number of hydrogen-bond donors (Lipinski definition) is 1. The van der Waals surface area contributed by atoms with Gasteiger partial charge in [0.05, 0.1) is 12.5 Å². The largest absolute Gasteiger partial charge is 0.481 e. The third-order valence-corrected chi connectivity index (χ3v) is 2.70. The zero-order valence-corrected chi connectivity index (χ0v) is 9.85. The smallest absolute Gasteiger partial charge is 0.305 e. The minimum absolute atomic E-state index is 0.0180. The van der Waals surface area contributed by atoms with E-state index in [1.165, 1.54) is 0 Å². The summed E-state index contributed by atoms with van der Waals surface area (Å²) in [5.74, 6) is -0.256. The molecule has 1 N–H and O–H groups in total. The van der Waals surface area contributed by atoms with E-state index >= 15 is 0 Å². The zero-order valence-electron chi connectivity index (χ0n) is 9.10. The Balaban J connectivity index is 1.96. The lowest BCUT2D eigenvalue weighted by Gasteiger charge is -2.01. The predicted molar refractivity (Wildman–Crippen MR) is 64.6 cm³/mol. The van der Waals surface area contributed by atoms with E-state index in [-0.39, 0.29) is 12.5 Å². The van der Waals surface area contributed by atoms with Gasteiger partial charge in [0.25, 0.3) is 0 Å². The van der Waals surface area contributed by atoms with Crippen LogP contribution in [0.15, 0.2) is 29.3 Å². The van der Waals surface area contributed by atoms with Gasteiger partial charge in [-0.25, -0.2) is 4.99 Å². The molecule has 1 aliphatic heterocycles. The Labute approximate surface area is 104 Å². The van der Waals surface area contributed by atoms with Gasteiger partial charge in [0.15, 0.2) is 5.90 Å². The van der Waals surface area contributed by atoms with E-state index in [4.69, 9.17) is 21.4 Å². The Morgan fingerprint density at radius 1 is 1.47 bits per heavy atom. The Morgan fingerprint density at radius 3 is 2.82 bits per heavy atom. The van der Waals surface area contributed by atoms with Crippen LogP contribution in [0.2, 0.25) is 5.02 Å². The average molecular weight is 254 g/mol. The first-order valence-electron chi connectivity index (χ1n) is 5.29. The number of rotatable bonds is 4. The molecular weight excluding hydrogens is 242 g/mol. The summed E-state index contributed by atoms with van der Waals surface area (Å²) in [7, 11) is 0. The normalized spacial score (nSPS) is 18.6. The van der Waals surface area contributed by atoms with Crippen molar-refractivity contribution in [2.75, 3.05) is 6.61 Å². The van der Waals surface area contributed by atoms with Gasteiger partial charge in [-0.1, -0.05) is 23.7 Å². The van der Waals surface area contributed by atoms with Gasteiger partial charge < -0.3 is 9.84 Å². The minimum atomic E-state index is -0.852. The van der Waals surface area contributed by atoms with Crippen molar-refractivity contribution in [1.29, 1.82) is 0 Å². The van der Waals surface area contributed by atoms with Crippen molar-refractivity contribution in [3.05, 3.63) is 34.9 Å². The van der Waals surface area contributed by atoms with E-state index in [9.17, 15) is 4.79 Å². The maximum Gasteiger partial charge on any atom is 0.305 e. The van der Waals surface area contributed by atoms with E-state index in [2.05, 4.69) is 4.99 Å². The fourth-order valence-electron chi connectivity index (χ4n) is 1.65. The van der Waals surface area contributed by atoms with Crippen LogP contribution >= 0.6 is 11.6 Å². The van der Waals surface area contributed by atoms with Crippen molar-refractivity contribution >= 4 is 23.5 Å². The zero-order chi connectivity index (χ0) is 12.3. The number of halogens is 1. The Morgan fingerprint density at radius 2 is 2.18 bits per heavy atom. The molecule has 5 heteroatoms. The summed E-state index contributed by atoms with van der Waals surface area (Å²) in [6.07, 6.45) is 0.595. The molecule has 90 valence electrons. The number of ether oxygens (including phenoxy) is 1. The fraction of sp³-hybridized carbons (Fsp3) is 0.333. The summed E-state index contributed by atoms with van der Waals surface area (Å²) in [5, 5.41) is 9.33. The molecule has 1 aliphatic rings. The van der Waals surface area contributed by atoms with Crippen LogP contribution in [0.5, 0.6) is 0 Å². The van der Waals surface area contributed by atoms with E-state index in [0.717, 1.165) is 5.56 Å². The van der Waals surface area contributed by atoms with Crippen LogP contribution in [0.1, 0.15) is 12.0 Å². The number of carbonyl (C=O) groups is 1. The van der Waals surface area contributed by atoms with Gasteiger partial charge in [-0.2, -0.15) is 0 Å². The lowest BCUT2D eigenvalue weighted by molar-refractivity contribution is -0.137. The highest BCUT2D eigenvalue weighted by Gasteiger charge is 2.21. The number of benzene rings is 1. The summed E-state index contributed by atoms with van der Waals surface area (Å²) in [5.41, 5.74) is 1.05. The van der Waals surface area contributed by atoms with Crippen LogP contribution in [-0.2, 0) is 16.0 Å². The molecule has 2 rings (SSSR count). The molecule has 0 saturated carbocycles. The number of carboxylic acids is 1. The Hall–Kier alpha value is -1.55. The molecule has 0 aromatic heterocycles. The van der Waals surface area contributed by atoms with Gasteiger partial charge in [-0.3, -0.25) is 4.79 Å². The highest BCUT2D eigenvalue weighted by molar-refractivity contribution is 6.30. The van der Waals surface area contributed by atoms with Crippen LogP contribution < -0.4 is 0 Å². The first kappa shape index (κ1) is 11.9. The topological polar surface area (TPSA) is 58.9 Å². The van der Waals surface area contributed by atoms with Gasteiger partial charge in [0.2, 0.25) is 0 Å². The molecule has 0 amide bonds. The van der Waals surface area contributed by atoms with Crippen molar-refractivity contribution in [3.8, 4) is 0 Å². The lowest BCUT2D eigenvalue weighted by Crippen LogP contribution is -2.12. The molecule has 0 saturated heterocycles. The maximum atomic E-state index is 10.5. The number of aliphatic imine (C=N–C) groups is 1. The summed E-state index contributed by atoms with van der Waals surface area (Å²) in [4.78, 5) is 14.7. The predicted octanol–water partition coefficient (Wildman–Crippen LogP) is 2.15. The number of carboxylic acid groups (broad SMARTS) is 1.